The van der Waals surface area contributed by atoms with Gasteiger partial charge in [-0.3, -0.25) is 19.3 Å². The quantitative estimate of drug-likeness (QED) is 0.622. The molecule has 0 unspecified atom stereocenters. The molecule has 0 saturated carbocycles. The molecule has 7 nitrogen and oxygen atoms in total. The second-order valence-corrected chi connectivity index (χ2v) is 6.40. The molecule has 0 saturated heterocycles. The Hall–Kier alpha value is -2.71. The standard InChI is InChI=1S/C17H20N4O3S/c18-14(22)6-8-21(10-12-4-2-1-3-5-12)11-15(23)20-17-13(16(19)24)7-9-25-17/h1-5,7,9H,6,8,10-11H2,(H2,18,22)(H2,19,24)(H,20,23). The number of thiophene rings is 1. The van der Waals surface area contributed by atoms with Crippen molar-refractivity contribution in [2.24, 2.45) is 11.5 Å². The molecular weight excluding hydrogens is 340 g/mol. The largest absolute Gasteiger partial charge is 0.370 e. The van der Waals surface area contributed by atoms with Crippen LogP contribution in [0, 0.1) is 0 Å². The summed E-state index contributed by atoms with van der Waals surface area (Å²) in [7, 11) is 0. The zero-order chi connectivity index (χ0) is 18.2. The van der Waals surface area contributed by atoms with Gasteiger partial charge in [0.05, 0.1) is 12.1 Å². The smallest absolute Gasteiger partial charge is 0.251 e. The molecule has 1 aromatic carbocycles. The summed E-state index contributed by atoms with van der Waals surface area (Å²) in [6, 6.07) is 11.2. The minimum Gasteiger partial charge on any atom is -0.370 e. The van der Waals surface area contributed by atoms with Crippen LogP contribution in [0.15, 0.2) is 41.8 Å². The fourth-order valence-electron chi connectivity index (χ4n) is 2.29. The van der Waals surface area contributed by atoms with Gasteiger partial charge >= 0.3 is 0 Å². The van der Waals surface area contributed by atoms with Crippen LogP contribution in [0.2, 0.25) is 0 Å². The highest BCUT2D eigenvalue weighted by atomic mass is 32.1. The maximum absolute atomic E-state index is 12.3. The molecular formula is C17H20N4O3S. The van der Waals surface area contributed by atoms with Gasteiger partial charge in [-0.25, -0.2) is 0 Å². The number of benzene rings is 1. The van der Waals surface area contributed by atoms with Crippen LogP contribution in [-0.2, 0) is 16.1 Å². The Bertz CT molecular complexity index is 745. The summed E-state index contributed by atoms with van der Waals surface area (Å²) in [6.45, 7) is 0.942. The molecule has 0 fully saturated rings. The Morgan fingerprint density at radius 2 is 1.80 bits per heavy atom. The molecule has 1 heterocycles. The molecule has 132 valence electrons. The van der Waals surface area contributed by atoms with Gasteiger partial charge in [0, 0.05) is 19.5 Å². The summed E-state index contributed by atoms with van der Waals surface area (Å²) in [5.74, 6) is -1.30. The van der Waals surface area contributed by atoms with E-state index in [1.807, 2.05) is 35.2 Å². The van der Waals surface area contributed by atoms with Crippen LogP contribution in [0.5, 0.6) is 0 Å². The number of hydrogen-bond acceptors (Lipinski definition) is 5. The molecule has 0 atom stereocenters. The summed E-state index contributed by atoms with van der Waals surface area (Å²) in [4.78, 5) is 36.5. The highest BCUT2D eigenvalue weighted by molar-refractivity contribution is 7.14. The summed E-state index contributed by atoms with van der Waals surface area (Å²) < 4.78 is 0. The number of amides is 3. The van der Waals surface area contributed by atoms with Crippen LogP contribution in [0.1, 0.15) is 22.3 Å². The van der Waals surface area contributed by atoms with E-state index in [-0.39, 0.29) is 24.4 Å². The van der Waals surface area contributed by atoms with E-state index in [2.05, 4.69) is 5.32 Å². The zero-order valence-electron chi connectivity index (χ0n) is 13.6. The fraction of sp³-hybridized carbons (Fsp3) is 0.235. The molecule has 25 heavy (non-hydrogen) atoms. The summed E-state index contributed by atoms with van der Waals surface area (Å²) in [6.07, 6.45) is 0.158. The van der Waals surface area contributed by atoms with E-state index >= 15 is 0 Å². The molecule has 2 aromatic rings. The number of nitrogens with one attached hydrogen (secondary N) is 1. The van der Waals surface area contributed by atoms with Crippen molar-refractivity contribution < 1.29 is 14.4 Å². The van der Waals surface area contributed by atoms with Crippen molar-refractivity contribution in [2.45, 2.75) is 13.0 Å². The molecule has 1 aromatic heterocycles. The van der Waals surface area contributed by atoms with Gasteiger partial charge in [-0.15, -0.1) is 11.3 Å². The summed E-state index contributed by atoms with van der Waals surface area (Å²) in [5, 5.41) is 4.80. The third-order valence-electron chi connectivity index (χ3n) is 3.47. The fourth-order valence-corrected chi connectivity index (χ4v) is 3.10. The van der Waals surface area contributed by atoms with E-state index in [9.17, 15) is 14.4 Å². The Balaban J connectivity index is 2.01. The van der Waals surface area contributed by atoms with Crippen LogP contribution in [0.4, 0.5) is 5.00 Å². The van der Waals surface area contributed by atoms with E-state index < -0.39 is 11.8 Å². The van der Waals surface area contributed by atoms with E-state index in [4.69, 9.17) is 11.5 Å². The number of carbonyl (C=O) groups is 3. The Morgan fingerprint density at radius 1 is 1.08 bits per heavy atom. The minimum atomic E-state index is -0.591. The zero-order valence-corrected chi connectivity index (χ0v) is 14.4. The van der Waals surface area contributed by atoms with Crippen molar-refractivity contribution in [3.05, 3.63) is 52.9 Å². The molecule has 0 spiro atoms. The number of rotatable bonds is 9. The van der Waals surface area contributed by atoms with E-state index in [0.717, 1.165) is 5.56 Å². The van der Waals surface area contributed by atoms with Crippen molar-refractivity contribution in [1.82, 2.24) is 4.90 Å². The normalized spacial score (nSPS) is 10.6. The van der Waals surface area contributed by atoms with Crippen molar-refractivity contribution in [3.8, 4) is 0 Å². The topological polar surface area (TPSA) is 119 Å². The van der Waals surface area contributed by atoms with Gasteiger partial charge in [0.1, 0.15) is 5.00 Å². The maximum atomic E-state index is 12.3. The second kappa shape index (κ2) is 8.95. The number of nitrogens with two attached hydrogens (primary N) is 2. The second-order valence-electron chi connectivity index (χ2n) is 5.49. The maximum Gasteiger partial charge on any atom is 0.251 e. The van der Waals surface area contributed by atoms with Crippen molar-refractivity contribution in [2.75, 3.05) is 18.4 Å². The monoisotopic (exact) mass is 360 g/mol. The van der Waals surface area contributed by atoms with E-state index in [0.29, 0.717) is 18.1 Å². The predicted molar refractivity (Wildman–Crippen MR) is 97.0 cm³/mol. The third-order valence-corrected chi connectivity index (χ3v) is 4.30. The molecule has 0 bridgehead atoms. The van der Waals surface area contributed by atoms with Crippen molar-refractivity contribution >= 4 is 34.1 Å². The Labute approximate surface area is 149 Å². The number of primary amides is 2. The van der Waals surface area contributed by atoms with Crippen LogP contribution in [0.3, 0.4) is 0 Å². The van der Waals surface area contributed by atoms with Crippen LogP contribution >= 0.6 is 11.3 Å². The minimum absolute atomic E-state index is 0.0677. The average Bonchev–Trinajstić information content (AvgIpc) is 3.01. The lowest BCUT2D eigenvalue weighted by molar-refractivity contribution is -0.120. The molecule has 0 aliphatic carbocycles. The SMILES string of the molecule is NC(=O)CCN(CC(=O)Nc1sccc1C(N)=O)Cc1ccccc1. The highest BCUT2D eigenvalue weighted by Crippen LogP contribution is 2.22. The predicted octanol–water partition coefficient (Wildman–Crippen LogP) is 1.16. The summed E-state index contributed by atoms with van der Waals surface area (Å²) >= 11 is 1.23. The number of carbonyl (C=O) groups excluding carboxylic acids is 3. The van der Waals surface area contributed by atoms with Gasteiger partial charge in [-0.2, -0.15) is 0 Å². The summed E-state index contributed by atoms with van der Waals surface area (Å²) in [5.41, 5.74) is 11.8. The molecule has 2 rings (SSSR count). The first kappa shape index (κ1) is 18.6. The number of anilines is 1. The molecule has 3 amide bonds. The van der Waals surface area contributed by atoms with E-state index in [1.165, 1.54) is 11.3 Å². The van der Waals surface area contributed by atoms with Crippen LogP contribution in [-0.4, -0.2) is 35.7 Å². The van der Waals surface area contributed by atoms with Gasteiger partial charge in [0.2, 0.25) is 11.8 Å². The van der Waals surface area contributed by atoms with Crippen LogP contribution in [0.25, 0.3) is 0 Å². The first-order valence-electron chi connectivity index (χ1n) is 7.67. The molecule has 0 aliphatic rings. The van der Waals surface area contributed by atoms with Gasteiger partial charge in [0.15, 0.2) is 0 Å². The lowest BCUT2D eigenvalue weighted by Gasteiger charge is -2.21. The van der Waals surface area contributed by atoms with Crippen LogP contribution < -0.4 is 16.8 Å². The van der Waals surface area contributed by atoms with Crippen molar-refractivity contribution in [1.29, 1.82) is 0 Å². The first-order valence-corrected chi connectivity index (χ1v) is 8.55. The van der Waals surface area contributed by atoms with Gasteiger partial charge in [-0.05, 0) is 17.0 Å². The van der Waals surface area contributed by atoms with Crippen molar-refractivity contribution in [3.63, 3.8) is 0 Å². The molecule has 5 N–H and O–H groups in total. The van der Waals surface area contributed by atoms with Gasteiger partial charge < -0.3 is 16.8 Å². The number of nitrogens with zero attached hydrogens (tertiary/aromatic N) is 1. The molecule has 8 heteroatoms. The average molecular weight is 360 g/mol. The first-order chi connectivity index (χ1) is 12.0. The Kier molecular flexibility index (Phi) is 6.67. The highest BCUT2D eigenvalue weighted by Gasteiger charge is 2.16. The molecule has 0 aliphatic heterocycles. The lowest BCUT2D eigenvalue weighted by Crippen LogP contribution is -2.35. The third kappa shape index (κ3) is 6.02. The van der Waals surface area contributed by atoms with Gasteiger partial charge in [-0.1, -0.05) is 30.3 Å². The van der Waals surface area contributed by atoms with E-state index in [1.54, 1.807) is 11.4 Å². The Morgan fingerprint density at radius 3 is 2.44 bits per heavy atom. The lowest BCUT2D eigenvalue weighted by atomic mass is 10.2. The van der Waals surface area contributed by atoms with Gasteiger partial charge in [0.25, 0.3) is 5.91 Å². The number of hydrogen-bond donors (Lipinski definition) is 3. The molecule has 0 radical (unpaired) electrons.